The van der Waals surface area contributed by atoms with Crippen LogP contribution in [0, 0.1) is 0 Å². The first-order chi connectivity index (χ1) is 28.7. The number of aromatic nitrogens is 3. The third-order valence-corrected chi connectivity index (χ3v) is 16.0. The van der Waals surface area contributed by atoms with Crippen molar-refractivity contribution in [2.75, 3.05) is 68.4 Å². The van der Waals surface area contributed by atoms with Gasteiger partial charge in [0.25, 0.3) is 11.8 Å². The molecule has 17 heteroatoms. The molecule has 13 nitrogen and oxygen atoms in total. The normalized spacial score (nSPS) is 16.7. The van der Waals surface area contributed by atoms with E-state index in [-0.39, 0.29) is 30.5 Å². The molecule has 0 unspecified atom stereocenters. The number of anilines is 2. The van der Waals surface area contributed by atoms with Crippen molar-refractivity contribution in [3.63, 3.8) is 0 Å². The molecular formula is C42H63N7O6S4. The van der Waals surface area contributed by atoms with Gasteiger partial charge in [0.1, 0.15) is 12.3 Å². The predicted molar refractivity (Wildman–Crippen MR) is 247 cm³/mol. The van der Waals surface area contributed by atoms with Crippen LogP contribution in [-0.2, 0) is 13.2 Å². The zero-order valence-electron chi connectivity index (χ0n) is 35.5. The Morgan fingerprint density at radius 2 is 1.20 bits per heavy atom. The van der Waals surface area contributed by atoms with Crippen LogP contribution >= 0.6 is 47.0 Å². The average molecular weight is 890 g/mol. The van der Waals surface area contributed by atoms with E-state index in [0.717, 1.165) is 81.0 Å². The molecule has 59 heavy (non-hydrogen) atoms. The SMILES string of the molecule is CCSC(SCC)[C@@H]1CCCN1C(=O)c1cc(OC)c(OCCCCCn2cc(COc3cc(N)c(C(=O)N4CCC[C@H]4C(SCC)SCC)cc3OC)nn2)cc1N. The highest BCUT2D eigenvalue weighted by molar-refractivity contribution is 8.17. The van der Waals surface area contributed by atoms with E-state index in [1.54, 1.807) is 43.2 Å². The molecule has 0 aliphatic carbocycles. The monoisotopic (exact) mass is 889 g/mol. The summed E-state index contributed by atoms with van der Waals surface area (Å²) in [5.41, 5.74) is 15.2. The number of hydrogen-bond acceptors (Lipinski definition) is 14. The van der Waals surface area contributed by atoms with Crippen molar-refractivity contribution in [3.05, 3.63) is 47.3 Å². The summed E-state index contributed by atoms with van der Waals surface area (Å²) in [5.74, 6) is 5.85. The molecule has 2 fully saturated rings. The minimum Gasteiger partial charge on any atom is -0.493 e. The van der Waals surface area contributed by atoms with Gasteiger partial charge in [-0.3, -0.25) is 14.3 Å². The second-order valence-electron chi connectivity index (χ2n) is 14.3. The van der Waals surface area contributed by atoms with Crippen molar-refractivity contribution in [1.82, 2.24) is 24.8 Å². The molecule has 0 saturated carbocycles. The molecule has 5 rings (SSSR count). The molecule has 2 saturated heterocycles. The van der Waals surface area contributed by atoms with Crippen LogP contribution in [0.2, 0.25) is 0 Å². The summed E-state index contributed by atoms with van der Waals surface area (Å²) >= 11 is 7.64. The van der Waals surface area contributed by atoms with Crippen molar-refractivity contribution in [1.29, 1.82) is 0 Å². The zero-order valence-corrected chi connectivity index (χ0v) is 38.7. The Morgan fingerprint density at radius 1 is 0.712 bits per heavy atom. The van der Waals surface area contributed by atoms with Gasteiger partial charge in [0, 0.05) is 43.1 Å². The fourth-order valence-corrected chi connectivity index (χ4v) is 13.4. The second-order valence-corrected chi connectivity index (χ2v) is 20.6. The number of unbranched alkanes of at least 4 members (excludes halogenated alkanes) is 2. The van der Waals surface area contributed by atoms with E-state index in [4.69, 9.17) is 30.4 Å². The fraction of sp³-hybridized carbons (Fsp3) is 0.619. The minimum atomic E-state index is -0.0678. The van der Waals surface area contributed by atoms with Crippen LogP contribution in [0.5, 0.6) is 23.0 Å². The molecule has 2 aromatic carbocycles. The van der Waals surface area contributed by atoms with Crippen molar-refractivity contribution < 1.29 is 28.5 Å². The number of hydrogen-bond donors (Lipinski definition) is 2. The second kappa shape index (κ2) is 23.6. The summed E-state index contributed by atoms with van der Waals surface area (Å²) in [6.45, 7) is 11.4. The summed E-state index contributed by atoms with van der Waals surface area (Å²) in [5, 5.41) is 8.57. The van der Waals surface area contributed by atoms with Crippen LogP contribution in [0.15, 0.2) is 30.5 Å². The van der Waals surface area contributed by atoms with E-state index in [0.29, 0.717) is 73.5 Å². The van der Waals surface area contributed by atoms with Crippen LogP contribution in [-0.4, -0.2) is 115 Å². The number of methoxy groups -OCH3 is 2. The smallest absolute Gasteiger partial charge is 0.256 e. The summed E-state index contributed by atoms with van der Waals surface area (Å²) < 4.78 is 26.0. The molecule has 2 aliphatic rings. The summed E-state index contributed by atoms with van der Waals surface area (Å²) in [6, 6.07) is 7.15. The first-order valence-electron chi connectivity index (χ1n) is 20.9. The molecular weight excluding hydrogens is 827 g/mol. The molecule has 0 bridgehead atoms. The molecule has 3 aromatic rings. The number of ether oxygens (including phenoxy) is 4. The predicted octanol–water partition coefficient (Wildman–Crippen LogP) is 8.16. The van der Waals surface area contributed by atoms with Crippen molar-refractivity contribution in [2.24, 2.45) is 0 Å². The Morgan fingerprint density at radius 3 is 1.68 bits per heavy atom. The summed E-state index contributed by atoms with van der Waals surface area (Å²) in [7, 11) is 3.14. The van der Waals surface area contributed by atoms with Gasteiger partial charge in [0.05, 0.1) is 59.4 Å². The van der Waals surface area contributed by atoms with Gasteiger partial charge in [0.15, 0.2) is 23.0 Å². The maximum Gasteiger partial charge on any atom is 0.256 e. The molecule has 326 valence electrons. The molecule has 2 amide bonds. The van der Waals surface area contributed by atoms with Crippen LogP contribution in [0.4, 0.5) is 11.4 Å². The number of rotatable bonds is 24. The summed E-state index contributed by atoms with van der Waals surface area (Å²) in [6.07, 6.45) is 8.42. The molecule has 1 aromatic heterocycles. The van der Waals surface area contributed by atoms with Gasteiger partial charge >= 0.3 is 0 Å². The van der Waals surface area contributed by atoms with Crippen LogP contribution < -0.4 is 30.4 Å². The quantitative estimate of drug-likeness (QED) is 0.0504. The van der Waals surface area contributed by atoms with Gasteiger partial charge in [-0.15, -0.1) is 52.1 Å². The molecule has 0 spiro atoms. The Hall–Kier alpha value is -3.28. The van der Waals surface area contributed by atoms with Gasteiger partial charge in [-0.25, -0.2) is 0 Å². The Bertz CT molecular complexity index is 1810. The van der Waals surface area contributed by atoms with E-state index >= 15 is 0 Å². The van der Waals surface area contributed by atoms with Crippen molar-refractivity contribution >= 4 is 70.2 Å². The zero-order chi connectivity index (χ0) is 42.3. The van der Waals surface area contributed by atoms with E-state index in [1.165, 1.54) is 0 Å². The lowest BCUT2D eigenvalue weighted by molar-refractivity contribution is 0.0738. The van der Waals surface area contributed by atoms with E-state index in [9.17, 15) is 9.59 Å². The van der Waals surface area contributed by atoms with E-state index in [1.807, 2.05) is 63.0 Å². The number of nitrogen functional groups attached to an aromatic ring is 2. The van der Waals surface area contributed by atoms with E-state index < -0.39 is 0 Å². The first-order valence-corrected chi connectivity index (χ1v) is 25.0. The Labute approximate surface area is 367 Å². The third-order valence-electron chi connectivity index (χ3n) is 10.5. The van der Waals surface area contributed by atoms with Gasteiger partial charge in [-0.2, -0.15) is 0 Å². The Kier molecular flexibility index (Phi) is 18.7. The highest BCUT2D eigenvalue weighted by Gasteiger charge is 2.37. The van der Waals surface area contributed by atoms with Crippen LogP contribution in [0.1, 0.15) is 99.1 Å². The third kappa shape index (κ3) is 12.2. The maximum absolute atomic E-state index is 13.8. The summed E-state index contributed by atoms with van der Waals surface area (Å²) in [4.78, 5) is 31.6. The number of carbonyl (C=O) groups is 2. The maximum atomic E-state index is 13.8. The van der Waals surface area contributed by atoms with Crippen LogP contribution in [0.3, 0.4) is 0 Å². The van der Waals surface area contributed by atoms with Gasteiger partial charge < -0.3 is 40.2 Å². The number of aryl methyl sites for hydroxylation is 1. The highest BCUT2D eigenvalue weighted by atomic mass is 32.2. The topological polar surface area (TPSA) is 160 Å². The van der Waals surface area contributed by atoms with Crippen LogP contribution in [0.25, 0.3) is 0 Å². The van der Waals surface area contributed by atoms with Gasteiger partial charge in [-0.1, -0.05) is 32.9 Å². The molecule has 2 aliphatic heterocycles. The number of nitrogens with two attached hydrogens (primary N) is 2. The van der Waals surface area contributed by atoms with Gasteiger partial charge in [0.2, 0.25) is 0 Å². The molecule has 2 atom stereocenters. The number of carbonyl (C=O) groups excluding carboxylic acids is 2. The first kappa shape index (κ1) is 46.8. The number of amides is 2. The fourth-order valence-electron chi connectivity index (χ4n) is 7.63. The molecule has 0 radical (unpaired) electrons. The molecule has 4 N–H and O–H groups in total. The number of likely N-dealkylation sites (tertiary alicyclic amines) is 2. The highest BCUT2D eigenvalue weighted by Crippen LogP contribution is 2.40. The van der Waals surface area contributed by atoms with E-state index in [2.05, 4.69) is 38.0 Å². The lowest BCUT2D eigenvalue weighted by Crippen LogP contribution is -2.41. The lowest BCUT2D eigenvalue weighted by Gasteiger charge is -2.31. The number of nitrogens with zero attached hydrogens (tertiary/aromatic N) is 5. The number of benzene rings is 2. The number of thioether (sulfide) groups is 4. The lowest BCUT2D eigenvalue weighted by atomic mass is 10.1. The van der Waals surface area contributed by atoms with Gasteiger partial charge in [-0.05, 0) is 80.1 Å². The van der Waals surface area contributed by atoms with Crippen molar-refractivity contribution in [3.8, 4) is 23.0 Å². The molecule has 3 heterocycles. The van der Waals surface area contributed by atoms with Crippen molar-refractivity contribution in [2.45, 2.75) is 107 Å². The largest absolute Gasteiger partial charge is 0.493 e. The standard InChI is InChI=1S/C42H63N7O6S4/c1-7-56-41(57-8-2)33-16-14-19-48(33)39(50)29-22-35(52-5)37(24-31(29)43)54-21-13-11-12-18-47-26-28(45-46-47)27-55-38-25-32(44)30(23-36(38)53-6)40(51)49-20-15-17-34(49)42(58-9-3)59-10-4/h22-26,33-34,41-42H,7-21,27,43-44H2,1-6H3/t33-,34-/m0/s1. The average Bonchev–Trinajstić information content (AvgIpc) is 4.03. The minimum absolute atomic E-state index is 0.0462. The Balaban J connectivity index is 1.08.